The zero-order valence-electron chi connectivity index (χ0n) is 11.6. The highest BCUT2D eigenvalue weighted by molar-refractivity contribution is 5.60. The average Bonchev–Trinajstić information content (AvgIpc) is 2.89. The highest BCUT2D eigenvalue weighted by atomic mass is 16.6. The minimum atomic E-state index is -0.682. The highest BCUT2D eigenvalue weighted by Crippen LogP contribution is 2.27. The third-order valence-electron chi connectivity index (χ3n) is 3.32. The van der Waals surface area contributed by atoms with Crippen LogP contribution >= 0.6 is 0 Å². The molecule has 0 spiro atoms. The van der Waals surface area contributed by atoms with Crippen molar-refractivity contribution in [1.29, 1.82) is 0 Å². The summed E-state index contributed by atoms with van der Waals surface area (Å²) in [5, 5.41) is 14.8. The standard InChI is InChI=1S/C13H16N4O3/c1-4-13(3,14)12-15-11(20-16-12)9-6-5-8(2)10(7-9)17(18)19/h5-7H,4,14H2,1-3H3. The van der Waals surface area contributed by atoms with Gasteiger partial charge in [0.15, 0.2) is 5.82 Å². The molecule has 0 aliphatic heterocycles. The number of hydrogen-bond donors (Lipinski definition) is 1. The van der Waals surface area contributed by atoms with Crippen LogP contribution in [0.4, 0.5) is 5.69 Å². The summed E-state index contributed by atoms with van der Waals surface area (Å²) >= 11 is 0. The largest absolute Gasteiger partial charge is 0.334 e. The maximum Gasteiger partial charge on any atom is 0.273 e. The Kier molecular flexibility index (Phi) is 3.54. The fraction of sp³-hybridized carbons (Fsp3) is 0.385. The van der Waals surface area contributed by atoms with E-state index in [1.165, 1.54) is 6.07 Å². The number of nitro benzene ring substituents is 1. The van der Waals surface area contributed by atoms with Gasteiger partial charge in [-0.25, -0.2) is 0 Å². The quantitative estimate of drug-likeness (QED) is 0.679. The molecule has 106 valence electrons. The van der Waals surface area contributed by atoms with Crippen molar-refractivity contribution < 1.29 is 9.45 Å². The molecule has 7 nitrogen and oxygen atoms in total. The predicted octanol–water partition coefficient (Wildman–Crippen LogP) is 2.54. The van der Waals surface area contributed by atoms with E-state index in [9.17, 15) is 10.1 Å². The summed E-state index contributed by atoms with van der Waals surface area (Å²) < 4.78 is 5.15. The molecule has 1 atom stereocenters. The number of nitro groups is 1. The topological polar surface area (TPSA) is 108 Å². The number of aromatic nitrogens is 2. The van der Waals surface area contributed by atoms with E-state index < -0.39 is 10.5 Å². The molecule has 0 saturated heterocycles. The molecule has 1 heterocycles. The lowest BCUT2D eigenvalue weighted by Crippen LogP contribution is -2.33. The van der Waals surface area contributed by atoms with Crippen molar-refractivity contribution in [1.82, 2.24) is 10.1 Å². The van der Waals surface area contributed by atoms with Gasteiger partial charge in [-0.2, -0.15) is 4.98 Å². The maximum atomic E-state index is 10.9. The smallest absolute Gasteiger partial charge is 0.273 e. The van der Waals surface area contributed by atoms with E-state index in [0.29, 0.717) is 23.4 Å². The first kappa shape index (κ1) is 14.1. The van der Waals surface area contributed by atoms with Crippen molar-refractivity contribution in [3.8, 4) is 11.5 Å². The minimum absolute atomic E-state index is 0.0215. The van der Waals surface area contributed by atoms with E-state index >= 15 is 0 Å². The van der Waals surface area contributed by atoms with Gasteiger partial charge < -0.3 is 10.3 Å². The van der Waals surface area contributed by atoms with Crippen molar-refractivity contribution >= 4 is 5.69 Å². The first-order chi connectivity index (χ1) is 9.35. The van der Waals surface area contributed by atoms with Crippen molar-refractivity contribution in [3.63, 3.8) is 0 Å². The van der Waals surface area contributed by atoms with Gasteiger partial charge in [0.05, 0.1) is 10.5 Å². The van der Waals surface area contributed by atoms with Crippen LogP contribution in [0.5, 0.6) is 0 Å². The van der Waals surface area contributed by atoms with Gasteiger partial charge in [-0.15, -0.1) is 0 Å². The van der Waals surface area contributed by atoms with E-state index in [1.54, 1.807) is 26.0 Å². The third kappa shape index (κ3) is 2.53. The molecular formula is C13H16N4O3. The van der Waals surface area contributed by atoms with Gasteiger partial charge in [0.25, 0.3) is 11.6 Å². The van der Waals surface area contributed by atoms with E-state index in [0.717, 1.165) is 0 Å². The van der Waals surface area contributed by atoms with Gasteiger partial charge in [0.2, 0.25) is 0 Å². The summed E-state index contributed by atoms with van der Waals surface area (Å²) in [4.78, 5) is 14.7. The Morgan fingerprint density at radius 2 is 2.20 bits per heavy atom. The molecule has 0 fully saturated rings. The number of nitrogens with zero attached hydrogens (tertiary/aromatic N) is 3. The third-order valence-corrected chi connectivity index (χ3v) is 3.32. The fourth-order valence-electron chi connectivity index (χ4n) is 1.67. The van der Waals surface area contributed by atoms with Crippen molar-refractivity contribution in [3.05, 3.63) is 39.7 Å². The molecule has 1 aromatic carbocycles. The molecule has 2 aromatic rings. The molecule has 20 heavy (non-hydrogen) atoms. The molecule has 0 radical (unpaired) electrons. The van der Waals surface area contributed by atoms with Crippen LogP contribution in [0.2, 0.25) is 0 Å². The first-order valence-corrected chi connectivity index (χ1v) is 6.23. The second-order valence-electron chi connectivity index (χ2n) is 4.95. The van der Waals surface area contributed by atoms with Gasteiger partial charge >= 0.3 is 0 Å². The summed E-state index contributed by atoms with van der Waals surface area (Å²) in [6.45, 7) is 5.40. The average molecular weight is 276 g/mol. The van der Waals surface area contributed by atoms with Gasteiger partial charge in [-0.3, -0.25) is 10.1 Å². The second kappa shape index (κ2) is 5.01. The Morgan fingerprint density at radius 3 is 2.80 bits per heavy atom. The normalized spacial score (nSPS) is 14.0. The van der Waals surface area contributed by atoms with Gasteiger partial charge in [-0.05, 0) is 26.3 Å². The van der Waals surface area contributed by atoms with Crippen molar-refractivity contribution in [2.75, 3.05) is 0 Å². The van der Waals surface area contributed by atoms with E-state index in [-0.39, 0.29) is 11.6 Å². The monoisotopic (exact) mass is 276 g/mol. The Bertz CT molecular complexity index is 649. The molecule has 0 amide bonds. The SMILES string of the molecule is CCC(C)(N)c1noc(-c2ccc(C)c([N+](=O)[O-])c2)n1. The van der Waals surface area contributed by atoms with Crippen LogP contribution < -0.4 is 5.73 Å². The number of hydrogen-bond acceptors (Lipinski definition) is 6. The van der Waals surface area contributed by atoms with Crippen molar-refractivity contribution in [2.24, 2.45) is 5.73 Å². The molecule has 1 aromatic heterocycles. The summed E-state index contributed by atoms with van der Waals surface area (Å²) in [7, 11) is 0. The molecule has 1 unspecified atom stereocenters. The van der Waals surface area contributed by atoms with E-state index in [4.69, 9.17) is 10.3 Å². The summed E-state index contributed by atoms with van der Waals surface area (Å²) in [6.07, 6.45) is 0.653. The summed E-state index contributed by atoms with van der Waals surface area (Å²) in [6, 6.07) is 4.78. The number of benzene rings is 1. The first-order valence-electron chi connectivity index (χ1n) is 6.23. The van der Waals surface area contributed by atoms with Crippen LogP contribution in [0, 0.1) is 17.0 Å². The minimum Gasteiger partial charge on any atom is -0.334 e. The summed E-state index contributed by atoms with van der Waals surface area (Å²) in [5.74, 6) is 0.617. The Hall–Kier alpha value is -2.28. The second-order valence-corrected chi connectivity index (χ2v) is 4.95. The van der Waals surface area contributed by atoms with E-state index in [2.05, 4.69) is 10.1 Å². The van der Waals surface area contributed by atoms with Crippen LogP contribution in [0.25, 0.3) is 11.5 Å². The fourth-order valence-corrected chi connectivity index (χ4v) is 1.67. The Morgan fingerprint density at radius 1 is 1.50 bits per heavy atom. The van der Waals surface area contributed by atoms with Gasteiger partial charge in [0, 0.05) is 17.2 Å². The maximum absolute atomic E-state index is 10.9. The van der Waals surface area contributed by atoms with Crippen LogP contribution in [0.1, 0.15) is 31.7 Å². The number of nitrogens with two attached hydrogens (primary N) is 1. The molecule has 0 bridgehead atoms. The van der Waals surface area contributed by atoms with Crippen LogP contribution in [-0.4, -0.2) is 15.1 Å². The lowest BCUT2D eigenvalue weighted by Gasteiger charge is -2.16. The lowest BCUT2D eigenvalue weighted by atomic mass is 10.00. The number of aryl methyl sites for hydroxylation is 1. The van der Waals surface area contributed by atoms with Gasteiger partial charge in [0.1, 0.15) is 0 Å². The zero-order chi connectivity index (χ0) is 14.9. The molecule has 2 N–H and O–H groups in total. The van der Waals surface area contributed by atoms with Gasteiger partial charge in [-0.1, -0.05) is 18.1 Å². The summed E-state index contributed by atoms with van der Waals surface area (Å²) in [5.41, 5.74) is 6.46. The van der Waals surface area contributed by atoms with Crippen molar-refractivity contribution in [2.45, 2.75) is 32.7 Å². The molecule has 0 aliphatic carbocycles. The molecule has 2 rings (SSSR count). The molecule has 0 saturated carbocycles. The lowest BCUT2D eigenvalue weighted by molar-refractivity contribution is -0.385. The highest BCUT2D eigenvalue weighted by Gasteiger charge is 2.26. The van der Waals surface area contributed by atoms with Crippen LogP contribution in [0.15, 0.2) is 22.7 Å². The molecule has 0 aliphatic rings. The zero-order valence-corrected chi connectivity index (χ0v) is 11.6. The molecular weight excluding hydrogens is 260 g/mol. The predicted molar refractivity (Wildman–Crippen MR) is 73.0 cm³/mol. The Labute approximate surface area is 115 Å². The Balaban J connectivity index is 2.43. The van der Waals surface area contributed by atoms with Crippen LogP contribution in [-0.2, 0) is 5.54 Å². The van der Waals surface area contributed by atoms with Crippen LogP contribution in [0.3, 0.4) is 0 Å². The van der Waals surface area contributed by atoms with E-state index in [1.807, 2.05) is 6.92 Å². The molecule has 7 heteroatoms. The number of rotatable bonds is 4.